The molecule has 4 aromatic carbocycles. The van der Waals surface area contributed by atoms with Crippen LogP contribution in [-0.4, -0.2) is 52.0 Å². The summed E-state index contributed by atoms with van der Waals surface area (Å²) in [5.41, 5.74) is 3.85. The van der Waals surface area contributed by atoms with Crippen LogP contribution in [0, 0.1) is 0 Å². The quantitative estimate of drug-likeness (QED) is 0.128. The number of halogens is 4. The van der Waals surface area contributed by atoms with Gasteiger partial charge in [-0.25, -0.2) is 36.8 Å². The molecule has 0 aliphatic heterocycles. The van der Waals surface area contributed by atoms with Crippen molar-refractivity contribution in [1.82, 2.24) is 19.9 Å². The highest BCUT2D eigenvalue weighted by Crippen LogP contribution is 2.41. The molecule has 0 radical (unpaired) electrons. The first-order valence-electron chi connectivity index (χ1n) is 23.8. The average Bonchev–Trinajstić information content (AvgIpc) is 4.07. The minimum absolute atomic E-state index is 0.0252. The van der Waals surface area contributed by atoms with Crippen LogP contribution in [0.5, 0.6) is 0 Å². The van der Waals surface area contributed by atoms with Gasteiger partial charge in [0.25, 0.3) is 0 Å². The van der Waals surface area contributed by atoms with Crippen molar-refractivity contribution in [3.63, 3.8) is 0 Å². The number of aromatic nitrogens is 4. The van der Waals surface area contributed by atoms with E-state index in [1.807, 2.05) is 59.7 Å². The topological polar surface area (TPSA) is 172 Å². The molecule has 0 N–H and O–H groups in total. The third-order valence-electron chi connectivity index (χ3n) is 10.8. The Hall–Kier alpha value is -3.48. The highest BCUT2D eigenvalue weighted by atomic mass is 35.5. The standard InChI is InChI=1S/C15H20ClNO3S.C14H18ClNO3S.C14H18ClNOS.C11H12ClNOS/c1-14(2,3)13-17-10-8-7-9(16)12(11(10)20-13)21(18,19)15(4,5)6;1-8(2)20(17,18)12-9(15)6-7-10-11(12)19-13(16-10)14(3,4)5;1-8(2)18-12-9(15)6-7-10-11(12)17-13(16-10)14(3,4)5;1-11(2,3)10-13-7-5-4-6(12)9(15)8(7)14-10/h7-8H,1-6H3;6-8H,1-5H3;6-8H,1-5H3;4-5,15H,1-3H3. The molecule has 20 heteroatoms. The Morgan fingerprint density at radius 3 is 1.14 bits per heavy atom. The summed E-state index contributed by atoms with van der Waals surface area (Å²) in [5.74, 6) is 2.44. The third kappa shape index (κ3) is 13.6. The van der Waals surface area contributed by atoms with Gasteiger partial charge in [-0.1, -0.05) is 143 Å². The number of thioether (sulfide) groups is 1. The van der Waals surface area contributed by atoms with Gasteiger partial charge in [-0.05, 0) is 83.1 Å². The van der Waals surface area contributed by atoms with Crippen LogP contribution >= 0.6 is 70.8 Å². The molecule has 8 rings (SSSR count). The first-order chi connectivity index (χ1) is 33.6. The molecule has 4 heterocycles. The lowest BCUT2D eigenvalue weighted by Crippen LogP contribution is -2.28. The fraction of sp³-hybridized carbons (Fsp3) is 0.481. The van der Waals surface area contributed by atoms with E-state index < -0.39 is 29.7 Å². The summed E-state index contributed by atoms with van der Waals surface area (Å²) in [4.78, 5) is 19.4. The van der Waals surface area contributed by atoms with E-state index in [1.165, 1.54) is 0 Å². The number of hydrogen-bond acceptors (Lipinski definition) is 14. The smallest absolute Gasteiger partial charge is 0.200 e. The normalized spacial score (nSPS) is 13.1. The summed E-state index contributed by atoms with van der Waals surface area (Å²) in [6.45, 7) is 36.6. The number of rotatable bonds is 5. The Kier molecular flexibility index (Phi) is 18.3. The lowest BCUT2D eigenvalue weighted by atomic mass is 9.97. The first-order valence-corrected chi connectivity index (χ1v) is 29.7. The predicted molar refractivity (Wildman–Crippen MR) is 308 cm³/mol. The van der Waals surface area contributed by atoms with Crippen molar-refractivity contribution in [3.05, 3.63) is 92.2 Å². The maximum Gasteiger partial charge on any atom is 0.200 e. The minimum atomic E-state index is -3.63. The van der Waals surface area contributed by atoms with Crippen molar-refractivity contribution in [3.8, 4) is 0 Å². The van der Waals surface area contributed by atoms with Crippen LogP contribution in [0.2, 0.25) is 20.1 Å². The van der Waals surface area contributed by atoms with Gasteiger partial charge < -0.3 is 17.7 Å². The zero-order valence-electron chi connectivity index (χ0n) is 45.5. The van der Waals surface area contributed by atoms with E-state index in [2.05, 4.69) is 88.0 Å². The van der Waals surface area contributed by atoms with Gasteiger partial charge in [0.05, 0.1) is 39.9 Å². The molecule has 12 nitrogen and oxygen atoms in total. The molecule has 0 saturated heterocycles. The average molecular weight is 1170 g/mol. The molecule has 0 aliphatic carbocycles. The number of nitrogens with zero attached hydrogens (tertiary/aromatic N) is 4. The molecule has 74 heavy (non-hydrogen) atoms. The lowest BCUT2D eigenvalue weighted by Gasteiger charge is -2.20. The maximum atomic E-state index is 12.8. The highest BCUT2D eigenvalue weighted by molar-refractivity contribution is 8.00. The maximum absolute atomic E-state index is 12.8. The van der Waals surface area contributed by atoms with Gasteiger partial charge in [-0.15, -0.1) is 24.4 Å². The van der Waals surface area contributed by atoms with Gasteiger partial charge in [-0.3, -0.25) is 0 Å². The molecule has 0 amide bonds. The fourth-order valence-electron chi connectivity index (χ4n) is 6.47. The summed E-state index contributed by atoms with van der Waals surface area (Å²) >= 11 is 30.5. The van der Waals surface area contributed by atoms with Gasteiger partial charge in [0, 0.05) is 26.9 Å². The van der Waals surface area contributed by atoms with Crippen LogP contribution < -0.4 is 0 Å². The van der Waals surface area contributed by atoms with Gasteiger partial charge in [0.1, 0.15) is 31.9 Å². The van der Waals surface area contributed by atoms with Crippen molar-refractivity contribution in [2.75, 3.05) is 0 Å². The van der Waals surface area contributed by atoms with Crippen LogP contribution in [0.15, 0.2) is 85.8 Å². The number of oxazole rings is 4. The molecule has 0 unspecified atom stereocenters. The Balaban J connectivity index is 0.000000184. The second kappa shape index (κ2) is 22.1. The number of sulfone groups is 2. The van der Waals surface area contributed by atoms with Crippen LogP contribution in [0.1, 0.15) is 155 Å². The second-order valence-corrected chi connectivity index (χ2v) is 32.1. The SMILES string of the molecule is CC(C)(C)c1nc2ccc(Cl)c(S(=O)(=O)C(C)(C)C)c2o1.CC(C)(C)c1nc2ccc(Cl)c(S)c2o1.CC(C)S(=O)(=O)c1c(Cl)ccc2nc(C(C)(C)C)oc12.CC(C)Sc1c(Cl)ccc2nc(C(C)(C)C)oc12. The molecule has 4 aromatic heterocycles. The summed E-state index contributed by atoms with van der Waals surface area (Å²) in [5, 5.41) is 1.53. The van der Waals surface area contributed by atoms with Crippen molar-refractivity contribution in [2.45, 2.75) is 188 Å². The zero-order valence-corrected chi connectivity index (χ0v) is 51.9. The molecular formula is C54H68Cl4N4O8S4. The molecular weight excluding hydrogens is 1100 g/mol. The van der Waals surface area contributed by atoms with E-state index in [1.54, 1.807) is 76.7 Å². The lowest BCUT2D eigenvalue weighted by molar-refractivity contribution is 0.408. The zero-order chi connectivity index (χ0) is 56.2. The molecule has 0 bridgehead atoms. The first kappa shape index (κ1) is 61.4. The molecule has 0 aliphatic rings. The summed E-state index contributed by atoms with van der Waals surface area (Å²) in [6, 6.07) is 13.9. The Bertz CT molecular complexity index is 3560. The molecule has 0 fully saturated rings. The van der Waals surface area contributed by atoms with E-state index in [0.29, 0.717) is 49.5 Å². The van der Waals surface area contributed by atoms with Crippen molar-refractivity contribution >= 4 is 135 Å². The number of benzene rings is 4. The van der Waals surface area contributed by atoms with Crippen LogP contribution in [-0.2, 0) is 41.3 Å². The van der Waals surface area contributed by atoms with E-state index in [9.17, 15) is 16.8 Å². The number of hydrogen-bond donors (Lipinski definition) is 1. The Morgan fingerprint density at radius 1 is 0.459 bits per heavy atom. The Morgan fingerprint density at radius 2 is 0.770 bits per heavy atom. The Labute approximate surface area is 466 Å². The molecule has 404 valence electrons. The van der Waals surface area contributed by atoms with Crippen molar-refractivity contribution in [1.29, 1.82) is 0 Å². The van der Waals surface area contributed by atoms with Crippen LogP contribution in [0.25, 0.3) is 44.4 Å². The summed E-state index contributed by atoms with van der Waals surface area (Å²) < 4.78 is 72.5. The monoisotopic (exact) mass is 1170 g/mol. The van der Waals surface area contributed by atoms with E-state index in [0.717, 1.165) is 32.4 Å². The number of thiol groups is 1. The van der Waals surface area contributed by atoms with E-state index >= 15 is 0 Å². The predicted octanol–water partition coefficient (Wildman–Crippen LogP) is 17.7. The van der Waals surface area contributed by atoms with Gasteiger partial charge in [0.15, 0.2) is 42.0 Å². The third-order valence-corrected chi connectivity index (χ3v) is 18.8. The van der Waals surface area contributed by atoms with Gasteiger partial charge in [0.2, 0.25) is 23.6 Å². The van der Waals surface area contributed by atoms with Crippen molar-refractivity contribution in [2.24, 2.45) is 0 Å². The van der Waals surface area contributed by atoms with Gasteiger partial charge in [-0.2, -0.15) is 0 Å². The largest absolute Gasteiger partial charge is 0.439 e. The van der Waals surface area contributed by atoms with Crippen LogP contribution in [0.3, 0.4) is 0 Å². The van der Waals surface area contributed by atoms with Crippen molar-refractivity contribution < 1.29 is 34.5 Å². The second-order valence-electron chi connectivity index (χ2n) is 23.4. The number of fused-ring (bicyclic) bond motifs is 4. The molecule has 0 spiro atoms. The summed E-state index contributed by atoms with van der Waals surface area (Å²) in [7, 11) is -7.16. The van der Waals surface area contributed by atoms with E-state index in [-0.39, 0.29) is 52.7 Å². The minimum Gasteiger partial charge on any atom is -0.439 e. The molecule has 8 aromatic rings. The van der Waals surface area contributed by atoms with Crippen LogP contribution in [0.4, 0.5) is 0 Å². The highest BCUT2D eigenvalue weighted by Gasteiger charge is 2.37. The van der Waals surface area contributed by atoms with E-state index in [4.69, 9.17) is 64.1 Å². The molecule has 0 saturated carbocycles. The fourth-order valence-corrected chi connectivity index (χ4v) is 11.5. The van der Waals surface area contributed by atoms with Gasteiger partial charge >= 0.3 is 0 Å². The summed E-state index contributed by atoms with van der Waals surface area (Å²) in [6.07, 6.45) is 0. The molecule has 0 atom stereocenters.